The Morgan fingerprint density at radius 2 is 2.21 bits per heavy atom. The van der Waals surface area contributed by atoms with Gasteiger partial charge < -0.3 is 5.11 Å². The molecule has 3 heteroatoms. The number of rotatable bonds is 4. The molecule has 76 valence electrons. The number of phenolic OH excluding ortho intramolecular Hbond substituents is 1. The molecule has 1 N–H and O–H groups in total. The van der Waals surface area contributed by atoms with Crippen molar-refractivity contribution in [3.63, 3.8) is 0 Å². The van der Waals surface area contributed by atoms with Gasteiger partial charge in [0.25, 0.3) is 0 Å². The first-order valence-corrected chi connectivity index (χ1v) is 5.15. The summed E-state index contributed by atoms with van der Waals surface area (Å²) in [6.07, 6.45) is 3.14. The summed E-state index contributed by atoms with van der Waals surface area (Å²) in [5.41, 5.74) is 1.36. The lowest BCUT2D eigenvalue weighted by atomic mass is 10.1. The van der Waals surface area contributed by atoms with Crippen LogP contribution in [0.1, 0.15) is 35.7 Å². The van der Waals surface area contributed by atoms with Gasteiger partial charge in [-0.05, 0) is 30.5 Å². The zero-order valence-corrected chi connectivity index (χ0v) is 9.05. The molecule has 0 spiro atoms. The predicted octanol–water partition coefficient (Wildman–Crippen LogP) is 2.80. The van der Waals surface area contributed by atoms with Crippen LogP contribution in [0.25, 0.3) is 0 Å². The number of benzene rings is 1. The van der Waals surface area contributed by atoms with E-state index in [1.165, 1.54) is 0 Å². The van der Waals surface area contributed by atoms with Gasteiger partial charge in [0, 0.05) is 0 Å². The molecule has 0 atom stereocenters. The number of carbonyl (C=O) groups excluding carboxylic acids is 1. The van der Waals surface area contributed by atoms with Gasteiger partial charge in [-0.3, -0.25) is 4.79 Å². The summed E-state index contributed by atoms with van der Waals surface area (Å²) in [5, 5.41) is 8.97. The zero-order valence-electron chi connectivity index (χ0n) is 8.16. The van der Waals surface area contributed by atoms with Gasteiger partial charge in [-0.15, -0.1) is 12.6 Å². The first-order valence-electron chi connectivity index (χ1n) is 4.70. The Morgan fingerprint density at radius 1 is 1.50 bits per heavy atom. The largest absolute Gasteiger partial charge is 0.507 e. The summed E-state index contributed by atoms with van der Waals surface area (Å²) in [5.74, 6) is 0.00486. The summed E-state index contributed by atoms with van der Waals surface area (Å²) >= 11 is 3.70. The smallest absolute Gasteiger partial charge is 0.220 e. The molecule has 0 fully saturated rings. The fourth-order valence-electron chi connectivity index (χ4n) is 1.29. The molecule has 0 unspecified atom stereocenters. The Balaban J connectivity index is 2.89. The molecule has 0 saturated carbocycles. The van der Waals surface area contributed by atoms with Gasteiger partial charge in [-0.1, -0.05) is 19.4 Å². The SMILES string of the molecule is CCCCc1ccc(O)c(C(=O)S)c1. The molecular formula is C11H14O2S. The summed E-state index contributed by atoms with van der Waals surface area (Å²) < 4.78 is 0. The second kappa shape index (κ2) is 5.05. The number of unbranched alkanes of at least 4 members (excludes halogenated alkanes) is 1. The molecule has 0 aliphatic rings. The molecule has 2 nitrogen and oxygen atoms in total. The third-order valence-corrected chi connectivity index (χ3v) is 2.35. The van der Waals surface area contributed by atoms with E-state index in [-0.39, 0.29) is 10.9 Å². The van der Waals surface area contributed by atoms with Crippen molar-refractivity contribution < 1.29 is 9.90 Å². The van der Waals surface area contributed by atoms with E-state index in [1.54, 1.807) is 12.1 Å². The van der Waals surface area contributed by atoms with Gasteiger partial charge in [0.05, 0.1) is 5.56 Å². The topological polar surface area (TPSA) is 37.3 Å². The third kappa shape index (κ3) is 2.77. The van der Waals surface area contributed by atoms with E-state index < -0.39 is 0 Å². The molecule has 0 heterocycles. The van der Waals surface area contributed by atoms with Crippen LogP contribution in [0, 0.1) is 0 Å². The van der Waals surface area contributed by atoms with Crippen LogP contribution in [-0.4, -0.2) is 10.2 Å². The lowest BCUT2D eigenvalue weighted by Crippen LogP contribution is -1.93. The van der Waals surface area contributed by atoms with Crippen molar-refractivity contribution in [3.8, 4) is 5.75 Å². The van der Waals surface area contributed by atoms with Gasteiger partial charge in [0.1, 0.15) is 5.75 Å². The van der Waals surface area contributed by atoms with Crippen LogP contribution in [-0.2, 0) is 6.42 Å². The van der Waals surface area contributed by atoms with E-state index in [2.05, 4.69) is 19.6 Å². The average molecular weight is 210 g/mol. The van der Waals surface area contributed by atoms with Gasteiger partial charge >= 0.3 is 0 Å². The molecule has 0 bridgehead atoms. The Morgan fingerprint density at radius 3 is 2.79 bits per heavy atom. The molecule has 0 amide bonds. The van der Waals surface area contributed by atoms with Crippen molar-refractivity contribution in [3.05, 3.63) is 29.3 Å². The van der Waals surface area contributed by atoms with Crippen molar-refractivity contribution in [2.45, 2.75) is 26.2 Å². The minimum Gasteiger partial charge on any atom is -0.507 e. The Labute approximate surface area is 89.4 Å². The Bertz CT molecular complexity index is 334. The maximum atomic E-state index is 11.0. The van der Waals surface area contributed by atoms with Crippen LogP contribution in [0.4, 0.5) is 0 Å². The first kappa shape index (κ1) is 11.1. The number of aryl methyl sites for hydroxylation is 1. The van der Waals surface area contributed by atoms with Gasteiger partial charge in [-0.25, -0.2) is 0 Å². The molecule has 0 radical (unpaired) electrons. The lowest BCUT2D eigenvalue weighted by Gasteiger charge is -2.04. The van der Waals surface area contributed by atoms with Gasteiger partial charge in [0.2, 0.25) is 5.12 Å². The van der Waals surface area contributed by atoms with Crippen LogP contribution in [0.5, 0.6) is 5.75 Å². The standard InChI is InChI=1S/C11H14O2S/c1-2-3-4-8-5-6-10(12)9(7-8)11(13)14/h5-7,12H,2-4H2,1H3,(H,13,14). The van der Waals surface area contributed by atoms with Crippen LogP contribution in [0.2, 0.25) is 0 Å². The summed E-state index contributed by atoms with van der Waals surface area (Å²) in [6.45, 7) is 2.12. The van der Waals surface area contributed by atoms with Crippen molar-refractivity contribution >= 4 is 17.7 Å². The van der Waals surface area contributed by atoms with Crippen LogP contribution in [0.15, 0.2) is 18.2 Å². The van der Waals surface area contributed by atoms with E-state index in [9.17, 15) is 9.90 Å². The highest BCUT2D eigenvalue weighted by molar-refractivity contribution is 7.97. The second-order valence-corrected chi connectivity index (χ2v) is 3.67. The van der Waals surface area contributed by atoms with Crippen molar-refractivity contribution in [1.29, 1.82) is 0 Å². The number of thiol groups is 1. The Kier molecular flexibility index (Phi) is 4.01. The summed E-state index contributed by atoms with van der Waals surface area (Å²) in [7, 11) is 0. The average Bonchev–Trinajstić information content (AvgIpc) is 2.16. The Hall–Kier alpha value is -0.960. The van der Waals surface area contributed by atoms with E-state index in [4.69, 9.17) is 0 Å². The quantitative estimate of drug-likeness (QED) is 0.750. The highest BCUT2D eigenvalue weighted by Gasteiger charge is 2.07. The van der Waals surface area contributed by atoms with Crippen molar-refractivity contribution in [1.82, 2.24) is 0 Å². The summed E-state index contributed by atoms with van der Waals surface area (Å²) in [6, 6.07) is 5.10. The molecule has 1 aromatic carbocycles. The van der Waals surface area contributed by atoms with Crippen LogP contribution >= 0.6 is 12.6 Å². The van der Waals surface area contributed by atoms with Crippen LogP contribution < -0.4 is 0 Å². The van der Waals surface area contributed by atoms with E-state index in [0.29, 0.717) is 5.56 Å². The molecule has 1 aromatic rings. The van der Waals surface area contributed by atoms with E-state index in [1.807, 2.05) is 6.07 Å². The molecular weight excluding hydrogens is 196 g/mol. The minimum atomic E-state index is -0.388. The van der Waals surface area contributed by atoms with Crippen LogP contribution in [0.3, 0.4) is 0 Å². The normalized spacial score (nSPS) is 10.1. The molecule has 0 aromatic heterocycles. The highest BCUT2D eigenvalue weighted by Crippen LogP contribution is 2.21. The monoisotopic (exact) mass is 210 g/mol. The highest BCUT2D eigenvalue weighted by atomic mass is 32.1. The summed E-state index contributed by atoms with van der Waals surface area (Å²) in [4.78, 5) is 11.0. The fourth-order valence-corrected chi connectivity index (χ4v) is 1.47. The molecule has 1 rings (SSSR count). The van der Waals surface area contributed by atoms with E-state index in [0.717, 1.165) is 24.8 Å². The maximum Gasteiger partial charge on any atom is 0.220 e. The number of hydrogen-bond donors (Lipinski definition) is 2. The maximum absolute atomic E-state index is 11.0. The van der Waals surface area contributed by atoms with Gasteiger partial charge in [0.15, 0.2) is 0 Å². The molecule has 0 aliphatic carbocycles. The zero-order chi connectivity index (χ0) is 10.6. The van der Waals surface area contributed by atoms with Crippen molar-refractivity contribution in [2.24, 2.45) is 0 Å². The number of aromatic hydroxyl groups is 1. The number of phenols is 1. The predicted molar refractivity (Wildman–Crippen MR) is 60.0 cm³/mol. The minimum absolute atomic E-state index is 0.00486. The molecule has 0 saturated heterocycles. The number of carbonyl (C=O) groups is 1. The first-order chi connectivity index (χ1) is 6.65. The van der Waals surface area contributed by atoms with E-state index >= 15 is 0 Å². The molecule has 0 aliphatic heterocycles. The third-order valence-electron chi connectivity index (χ3n) is 2.11. The van der Waals surface area contributed by atoms with Crippen molar-refractivity contribution in [2.75, 3.05) is 0 Å². The molecule has 14 heavy (non-hydrogen) atoms. The lowest BCUT2D eigenvalue weighted by molar-refractivity contribution is 0.108. The number of hydrogen-bond acceptors (Lipinski definition) is 2. The van der Waals surface area contributed by atoms with Gasteiger partial charge in [-0.2, -0.15) is 0 Å². The second-order valence-electron chi connectivity index (χ2n) is 3.26. The fraction of sp³-hybridized carbons (Fsp3) is 0.364.